The van der Waals surface area contributed by atoms with E-state index in [0.29, 0.717) is 11.6 Å². The van der Waals surface area contributed by atoms with Crippen molar-refractivity contribution in [2.24, 2.45) is 0 Å². The molecule has 1 aromatic heterocycles. The van der Waals surface area contributed by atoms with Gasteiger partial charge in [-0.25, -0.2) is 4.98 Å². The zero-order valence-electron chi connectivity index (χ0n) is 9.30. The van der Waals surface area contributed by atoms with Crippen molar-refractivity contribution in [3.63, 3.8) is 0 Å². The molecule has 0 saturated heterocycles. The number of thioether (sulfide) groups is 1. The lowest BCUT2D eigenvalue weighted by molar-refractivity contribution is 0.112. The van der Waals surface area contributed by atoms with Crippen molar-refractivity contribution in [2.75, 3.05) is 24.0 Å². The lowest BCUT2D eigenvalue weighted by Crippen LogP contribution is -2.31. The summed E-state index contributed by atoms with van der Waals surface area (Å²) in [6.45, 7) is 2.16. The lowest BCUT2D eigenvalue weighted by atomic mass is 10.3. The van der Waals surface area contributed by atoms with Crippen molar-refractivity contribution in [1.82, 2.24) is 4.98 Å². The first-order valence-electron chi connectivity index (χ1n) is 4.82. The van der Waals surface area contributed by atoms with Crippen molar-refractivity contribution >= 4 is 23.9 Å². The molecule has 0 saturated carbocycles. The summed E-state index contributed by atoms with van der Waals surface area (Å²) in [5.41, 5.74) is 0.615. The number of nitrogens with zero attached hydrogens (tertiary/aromatic N) is 2. The normalized spacial score (nSPS) is 12.2. The van der Waals surface area contributed by atoms with Gasteiger partial charge in [-0.1, -0.05) is 0 Å². The molecule has 0 aliphatic heterocycles. The van der Waals surface area contributed by atoms with Crippen molar-refractivity contribution in [3.8, 4) is 0 Å². The third-order valence-electron chi connectivity index (χ3n) is 2.34. The number of aldehydes is 1. The Bertz CT molecular complexity index is 313. The molecule has 0 bridgehead atoms. The first-order chi connectivity index (χ1) is 7.19. The number of carbonyl (C=O) groups is 1. The molecule has 82 valence electrons. The summed E-state index contributed by atoms with van der Waals surface area (Å²) in [7, 11) is 2.02. The van der Waals surface area contributed by atoms with E-state index in [0.717, 1.165) is 17.9 Å². The highest BCUT2D eigenvalue weighted by Gasteiger charge is 2.09. The van der Waals surface area contributed by atoms with Crippen LogP contribution < -0.4 is 4.90 Å². The second-order valence-electron chi connectivity index (χ2n) is 3.48. The number of hydrogen-bond donors (Lipinski definition) is 0. The molecular formula is C11H16N2OS. The predicted octanol–water partition coefficient (Wildman–Crippen LogP) is 2.08. The van der Waals surface area contributed by atoms with Crippen molar-refractivity contribution in [3.05, 3.63) is 23.9 Å². The van der Waals surface area contributed by atoms with Crippen LogP contribution in [0.25, 0.3) is 0 Å². The van der Waals surface area contributed by atoms with E-state index in [2.05, 4.69) is 23.1 Å². The molecular weight excluding hydrogens is 208 g/mol. The van der Waals surface area contributed by atoms with Gasteiger partial charge < -0.3 is 4.90 Å². The van der Waals surface area contributed by atoms with Crippen LogP contribution in [0.1, 0.15) is 17.3 Å². The molecule has 3 nitrogen and oxygen atoms in total. The van der Waals surface area contributed by atoms with Gasteiger partial charge in [0.15, 0.2) is 6.29 Å². The Labute approximate surface area is 94.9 Å². The molecule has 1 atom stereocenters. The Kier molecular flexibility index (Phi) is 4.62. The third kappa shape index (κ3) is 3.23. The fourth-order valence-electron chi connectivity index (χ4n) is 1.25. The highest BCUT2D eigenvalue weighted by molar-refractivity contribution is 7.98. The molecule has 0 spiro atoms. The number of aromatic nitrogens is 1. The van der Waals surface area contributed by atoms with Gasteiger partial charge in [0, 0.05) is 30.6 Å². The maximum absolute atomic E-state index is 10.5. The Morgan fingerprint density at radius 3 is 2.80 bits per heavy atom. The highest BCUT2D eigenvalue weighted by atomic mass is 32.2. The standard InChI is InChI=1S/C11H16N2OS/c1-9(8-15-3)13(2)11-5-4-10(7-14)6-12-11/h4-7,9H,8H2,1-3H3. The summed E-state index contributed by atoms with van der Waals surface area (Å²) >= 11 is 1.81. The zero-order valence-corrected chi connectivity index (χ0v) is 10.1. The minimum absolute atomic E-state index is 0.439. The molecule has 0 N–H and O–H groups in total. The number of rotatable bonds is 5. The second-order valence-corrected chi connectivity index (χ2v) is 4.39. The summed E-state index contributed by atoms with van der Waals surface area (Å²) in [4.78, 5) is 16.8. The van der Waals surface area contributed by atoms with E-state index in [1.165, 1.54) is 0 Å². The first kappa shape index (κ1) is 12.0. The largest absolute Gasteiger partial charge is 0.356 e. The predicted molar refractivity (Wildman–Crippen MR) is 65.9 cm³/mol. The minimum Gasteiger partial charge on any atom is -0.356 e. The smallest absolute Gasteiger partial charge is 0.151 e. The molecule has 0 aliphatic carbocycles. The van der Waals surface area contributed by atoms with Gasteiger partial charge in [-0.15, -0.1) is 0 Å². The Morgan fingerprint density at radius 2 is 2.33 bits per heavy atom. The van der Waals surface area contributed by atoms with Gasteiger partial charge in [-0.3, -0.25) is 4.79 Å². The van der Waals surface area contributed by atoms with Gasteiger partial charge in [0.1, 0.15) is 5.82 Å². The Morgan fingerprint density at radius 1 is 1.60 bits per heavy atom. The van der Waals surface area contributed by atoms with E-state index in [9.17, 15) is 4.79 Å². The topological polar surface area (TPSA) is 33.2 Å². The molecule has 0 radical (unpaired) electrons. The van der Waals surface area contributed by atoms with Crippen LogP contribution in [0.2, 0.25) is 0 Å². The molecule has 1 unspecified atom stereocenters. The average Bonchev–Trinajstić information content (AvgIpc) is 2.28. The van der Waals surface area contributed by atoms with E-state index in [4.69, 9.17) is 0 Å². The van der Waals surface area contributed by atoms with Crippen molar-refractivity contribution < 1.29 is 4.79 Å². The molecule has 0 aromatic carbocycles. The van der Waals surface area contributed by atoms with Crippen LogP contribution in [0, 0.1) is 0 Å². The van der Waals surface area contributed by atoms with E-state index < -0.39 is 0 Å². The summed E-state index contributed by atoms with van der Waals surface area (Å²) in [5.74, 6) is 1.97. The fraction of sp³-hybridized carbons (Fsp3) is 0.455. The number of anilines is 1. The average molecular weight is 224 g/mol. The van der Waals surface area contributed by atoms with Crippen molar-refractivity contribution in [1.29, 1.82) is 0 Å². The lowest BCUT2D eigenvalue weighted by Gasteiger charge is -2.25. The maximum atomic E-state index is 10.5. The van der Waals surface area contributed by atoms with Gasteiger partial charge in [-0.2, -0.15) is 11.8 Å². The molecule has 0 amide bonds. The van der Waals surface area contributed by atoms with E-state index in [-0.39, 0.29) is 0 Å². The van der Waals surface area contributed by atoms with Crippen LogP contribution in [0.4, 0.5) is 5.82 Å². The van der Waals surface area contributed by atoms with Crippen LogP contribution in [0.5, 0.6) is 0 Å². The summed E-state index contributed by atoms with van der Waals surface area (Å²) in [6.07, 6.45) is 4.50. The Hall–Kier alpha value is -1.03. The Balaban J connectivity index is 2.73. The van der Waals surface area contributed by atoms with Gasteiger partial charge in [0.05, 0.1) is 0 Å². The van der Waals surface area contributed by atoms with Crippen LogP contribution in [0.3, 0.4) is 0 Å². The monoisotopic (exact) mass is 224 g/mol. The molecule has 1 rings (SSSR count). The zero-order chi connectivity index (χ0) is 11.3. The number of hydrogen-bond acceptors (Lipinski definition) is 4. The summed E-state index contributed by atoms with van der Waals surface area (Å²) < 4.78 is 0. The molecule has 0 aliphatic rings. The summed E-state index contributed by atoms with van der Waals surface area (Å²) in [6, 6.07) is 4.10. The second kappa shape index (κ2) is 5.75. The first-order valence-corrected chi connectivity index (χ1v) is 6.21. The maximum Gasteiger partial charge on any atom is 0.151 e. The van der Waals surface area contributed by atoms with Crippen LogP contribution in [0.15, 0.2) is 18.3 Å². The van der Waals surface area contributed by atoms with Crippen LogP contribution in [-0.4, -0.2) is 36.4 Å². The van der Waals surface area contributed by atoms with Gasteiger partial charge in [0.2, 0.25) is 0 Å². The van der Waals surface area contributed by atoms with E-state index in [1.54, 1.807) is 12.3 Å². The van der Waals surface area contributed by atoms with E-state index in [1.807, 2.05) is 24.9 Å². The van der Waals surface area contributed by atoms with Crippen LogP contribution in [-0.2, 0) is 0 Å². The molecule has 15 heavy (non-hydrogen) atoms. The minimum atomic E-state index is 0.439. The van der Waals surface area contributed by atoms with Crippen molar-refractivity contribution in [2.45, 2.75) is 13.0 Å². The molecule has 1 heterocycles. The van der Waals surface area contributed by atoms with Gasteiger partial charge in [0.25, 0.3) is 0 Å². The highest BCUT2D eigenvalue weighted by Crippen LogP contribution is 2.13. The third-order valence-corrected chi connectivity index (χ3v) is 3.15. The van der Waals surface area contributed by atoms with Gasteiger partial charge in [-0.05, 0) is 25.3 Å². The fourth-order valence-corrected chi connectivity index (χ4v) is 1.96. The SMILES string of the molecule is CSCC(C)N(C)c1ccc(C=O)cn1. The molecule has 0 fully saturated rings. The summed E-state index contributed by atoms with van der Waals surface area (Å²) in [5, 5.41) is 0. The van der Waals surface area contributed by atoms with E-state index >= 15 is 0 Å². The van der Waals surface area contributed by atoms with Gasteiger partial charge >= 0.3 is 0 Å². The number of carbonyl (C=O) groups excluding carboxylic acids is 1. The quantitative estimate of drug-likeness (QED) is 0.717. The van der Waals surface area contributed by atoms with Crippen LogP contribution >= 0.6 is 11.8 Å². The number of pyridine rings is 1. The molecule has 4 heteroatoms. The molecule has 1 aromatic rings.